The molecule has 1 fully saturated rings. The summed E-state index contributed by atoms with van der Waals surface area (Å²) < 4.78 is 0. The number of hydrogen-bond acceptors (Lipinski definition) is 3. The van der Waals surface area contributed by atoms with E-state index in [1.165, 1.54) is 6.42 Å². The molecule has 1 aliphatic rings. The molecule has 0 aromatic heterocycles. The van der Waals surface area contributed by atoms with Crippen molar-refractivity contribution in [3.8, 4) is 0 Å². The molecular weight excluding hydrogens is 242 g/mol. The Morgan fingerprint density at radius 2 is 1.84 bits per heavy atom. The van der Waals surface area contributed by atoms with Crippen molar-refractivity contribution in [1.82, 2.24) is 16.0 Å². The molecule has 2 amide bonds. The van der Waals surface area contributed by atoms with Crippen molar-refractivity contribution >= 4 is 11.8 Å². The molecule has 1 aliphatic carbocycles. The van der Waals surface area contributed by atoms with Crippen molar-refractivity contribution in [1.29, 1.82) is 0 Å². The molecule has 1 rings (SSSR count). The lowest BCUT2D eigenvalue weighted by atomic mass is 9.89. The first-order valence-electron chi connectivity index (χ1n) is 7.35. The van der Waals surface area contributed by atoms with E-state index in [0.717, 1.165) is 25.7 Å². The Labute approximate surface area is 115 Å². The molecule has 110 valence electrons. The Bertz CT molecular complexity index is 288. The van der Waals surface area contributed by atoms with Gasteiger partial charge in [-0.05, 0) is 26.8 Å². The van der Waals surface area contributed by atoms with Gasteiger partial charge in [0.05, 0.1) is 0 Å². The van der Waals surface area contributed by atoms with Crippen LogP contribution in [0.2, 0.25) is 0 Å². The lowest BCUT2D eigenvalue weighted by Gasteiger charge is -2.20. The highest BCUT2D eigenvalue weighted by molar-refractivity contribution is 5.80. The van der Waals surface area contributed by atoms with Crippen molar-refractivity contribution in [2.45, 2.75) is 51.5 Å². The summed E-state index contributed by atoms with van der Waals surface area (Å²) >= 11 is 0. The fourth-order valence-electron chi connectivity index (χ4n) is 2.27. The summed E-state index contributed by atoms with van der Waals surface area (Å²) in [5.74, 6) is 0.281. The number of carbonyl (C=O) groups excluding carboxylic acids is 2. The third-order valence-corrected chi connectivity index (χ3v) is 3.73. The first-order chi connectivity index (χ1) is 9.13. The SMILES string of the molecule is CNC(C)CNC(=O)CCNC(=O)C1CCCCC1. The molecule has 1 atom stereocenters. The molecule has 0 aromatic rings. The van der Waals surface area contributed by atoms with Crippen LogP contribution in [0.5, 0.6) is 0 Å². The molecule has 0 aliphatic heterocycles. The molecule has 3 N–H and O–H groups in total. The number of rotatable bonds is 7. The normalized spacial score (nSPS) is 17.8. The summed E-state index contributed by atoms with van der Waals surface area (Å²) in [6.07, 6.45) is 5.90. The van der Waals surface area contributed by atoms with Crippen LogP contribution < -0.4 is 16.0 Å². The van der Waals surface area contributed by atoms with Crippen LogP contribution in [-0.2, 0) is 9.59 Å². The lowest BCUT2D eigenvalue weighted by molar-refractivity contribution is -0.126. The van der Waals surface area contributed by atoms with E-state index in [1.807, 2.05) is 14.0 Å². The van der Waals surface area contributed by atoms with Gasteiger partial charge in [-0.1, -0.05) is 19.3 Å². The summed E-state index contributed by atoms with van der Waals surface area (Å²) in [5.41, 5.74) is 0. The molecule has 5 nitrogen and oxygen atoms in total. The van der Waals surface area contributed by atoms with Gasteiger partial charge in [0.2, 0.25) is 11.8 Å². The molecule has 0 bridgehead atoms. The van der Waals surface area contributed by atoms with Crippen LogP contribution in [0, 0.1) is 5.92 Å². The molecule has 0 spiro atoms. The van der Waals surface area contributed by atoms with Crippen molar-refractivity contribution in [3.63, 3.8) is 0 Å². The minimum atomic E-state index is -0.00829. The summed E-state index contributed by atoms with van der Waals surface area (Å²) in [6, 6.07) is 0.265. The highest BCUT2D eigenvalue weighted by Gasteiger charge is 2.20. The predicted molar refractivity (Wildman–Crippen MR) is 75.7 cm³/mol. The van der Waals surface area contributed by atoms with Gasteiger partial charge in [0.25, 0.3) is 0 Å². The smallest absolute Gasteiger partial charge is 0.223 e. The van der Waals surface area contributed by atoms with Crippen LogP contribution in [0.1, 0.15) is 45.4 Å². The average Bonchev–Trinajstić information content (AvgIpc) is 2.45. The molecule has 0 saturated heterocycles. The molecule has 1 saturated carbocycles. The maximum atomic E-state index is 11.8. The zero-order valence-corrected chi connectivity index (χ0v) is 12.1. The first-order valence-corrected chi connectivity index (χ1v) is 7.35. The number of amides is 2. The van der Waals surface area contributed by atoms with Crippen LogP contribution in [0.4, 0.5) is 0 Å². The number of carbonyl (C=O) groups is 2. The molecule has 1 unspecified atom stereocenters. The molecule has 19 heavy (non-hydrogen) atoms. The second kappa shape index (κ2) is 8.91. The summed E-state index contributed by atoms with van der Waals surface area (Å²) in [6.45, 7) is 3.06. The Balaban J connectivity index is 2.08. The summed E-state index contributed by atoms with van der Waals surface area (Å²) in [5, 5.41) is 8.76. The van der Waals surface area contributed by atoms with E-state index in [1.54, 1.807) is 0 Å². The Kier molecular flexibility index (Phi) is 7.48. The predicted octanol–water partition coefficient (Wildman–Crippen LogP) is 0.797. The second-order valence-corrected chi connectivity index (χ2v) is 5.37. The largest absolute Gasteiger partial charge is 0.355 e. The third-order valence-electron chi connectivity index (χ3n) is 3.73. The van der Waals surface area contributed by atoms with E-state index in [-0.39, 0.29) is 23.8 Å². The van der Waals surface area contributed by atoms with Gasteiger partial charge >= 0.3 is 0 Å². The fourth-order valence-corrected chi connectivity index (χ4v) is 2.27. The van der Waals surface area contributed by atoms with Crippen molar-refractivity contribution in [2.75, 3.05) is 20.1 Å². The number of hydrogen-bond donors (Lipinski definition) is 3. The van der Waals surface area contributed by atoms with Gasteiger partial charge < -0.3 is 16.0 Å². The van der Waals surface area contributed by atoms with Crippen LogP contribution >= 0.6 is 0 Å². The quantitative estimate of drug-likeness (QED) is 0.640. The van der Waals surface area contributed by atoms with Crippen molar-refractivity contribution in [3.05, 3.63) is 0 Å². The first kappa shape index (κ1) is 16.0. The Morgan fingerprint density at radius 3 is 2.47 bits per heavy atom. The van der Waals surface area contributed by atoms with Gasteiger partial charge in [-0.15, -0.1) is 0 Å². The topological polar surface area (TPSA) is 70.2 Å². The van der Waals surface area contributed by atoms with Gasteiger partial charge in [0, 0.05) is 31.5 Å². The van der Waals surface area contributed by atoms with Crippen molar-refractivity contribution < 1.29 is 9.59 Å². The number of nitrogens with one attached hydrogen (secondary N) is 3. The van der Waals surface area contributed by atoms with Gasteiger partial charge in [-0.3, -0.25) is 9.59 Å². The molecular formula is C14H27N3O2. The van der Waals surface area contributed by atoms with E-state index in [9.17, 15) is 9.59 Å². The van der Waals surface area contributed by atoms with E-state index >= 15 is 0 Å². The molecule has 5 heteroatoms. The highest BCUT2D eigenvalue weighted by atomic mass is 16.2. The summed E-state index contributed by atoms with van der Waals surface area (Å²) in [7, 11) is 1.86. The zero-order chi connectivity index (χ0) is 14.1. The minimum absolute atomic E-state index is 0.00829. The van der Waals surface area contributed by atoms with E-state index in [4.69, 9.17) is 0 Å². The maximum Gasteiger partial charge on any atom is 0.223 e. The zero-order valence-electron chi connectivity index (χ0n) is 12.1. The number of likely N-dealkylation sites (N-methyl/N-ethyl adjacent to an activating group) is 1. The Morgan fingerprint density at radius 1 is 1.16 bits per heavy atom. The lowest BCUT2D eigenvalue weighted by Crippen LogP contribution is -2.39. The third kappa shape index (κ3) is 6.57. The van der Waals surface area contributed by atoms with E-state index < -0.39 is 0 Å². The van der Waals surface area contributed by atoms with Gasteiger partial charge in [0.15, 0.2) is 0 Å². The van der Waals surface area contributed by atoms with Gasteiger partial charge in [-0.2, -0.15) is 0 Å². The van der Waals surface area contributed by atoms with Crippen molar-refractivity contribution in [2.24, 2.45) is 5.92 Å². The van der Waals surface area contributed by atoms with Gasteiger partial charge in [0.1, 0.15) is 0 Å². The minimum Gasteiger partial charge on any atom is -0.355 e. The van der Waals surface area contributed by atoms with Crippen LogP contribution in [-0.4, -0.2) is 38.0 Å². The molecule has 0 radical (unpaired) electrons. The standard InChI is InChI=1S/C14H27N3O2/c1-11(15-2)10-17-13(18)8-9-16-14(19)12-6-4-3-5-7-12/h11-12,15H,3-10H2,1-2H3,(H,16,19)(H,17,18). The monoisotopic (exact) mass is 269 g/mol. The Hall–Kier alpha value is -1.10. The van der Waals surface area contributed by atoms with Gasteiger partial charge in [-0.25, -0.2) is 0 Å². The maximum absolute atomic E-state index is 11.8. The van der Waals surface area contributed by atoms with E-state index in [0.29, 0.717) is 19.5 Å². The second-order valence-electron chi connectivity index (χ2n) is 5.37. The average molecular weight is 269 g/mol. The van der Waals surface area contributed by atoms with Crippen LogP contribution in [0.15, 0.2) is 0 Å². The van der Waals surface area contributed by atoms with E-state index in [2.05, 4.69) is 16.0 Å². The van der Waals surface area contributed by atoms with Crippen LogP contribution in [0.25, 0.3) is 0 Å². The highest BCUT2D eigenvalue weighted by Crippen LogP contribution is 2.23. The van der Waals surface area contributed by atoms with Crippen LogP contribution in [0.3, 0.4) is 0 Å². The molecule has 0 heterocycles. The fraction of sp³-hybridized carbons (Fsp3) is 0.857. The summed E-state index contributed by atoms with van der Waals surface area (Å²) in [4.78, 5) is 23.4. The molecule has 0 aromatic carbocycles.